The summed E-state index contributed by atoms with van der Waals surface area (Å²) >= 11 is 3.10. The Kier molecular flexibility index (Phi) is 6.44. The molecule has 1 aromatic carbocycles. The number of benzene rings is 1. The zero-order valence-corrected chi connectivity index (χ0v) is 20.7. The molecule has 1 aliphatic heterocycles. The first-order chi connectivity index (χ1) is 16.5. The molecular formula is C24H25N5O3S2. The number of thiophene rings is 1. The lowest BCUT2D eigenvalue weighted by atomic mass is 10.1. The second-order valence-corrected chi connectivity index (χ2v) is 10.3. The van der Waals surface area contributed by atoms with Crippen molar-refractivity contribution in [1.82, 2.24) is 24.8 Å². The number of amides is 1. The van der Waals surface area contributed by atoms with Crippen LogP contribution in [0.2, 0.25) is 0 Å². The Morgan fingerprint density at radius 3 is 2.62 bits per heavy atom. The lowest BCUT2D eigenvalue weighted by molar-refractivity contribution is 0.0625. The van der Waals surface area contributed by atoms with E-state index < -0.39 is 0 Å². The average Bonchev–Trinajstić information content (AvgIpc) is 3.46. The van der Waals surface area contributed by atoms with Gasteiger partial charge < -0.3 is 14.6 Å². The van der Waals surface area contributed by atoms with Gasteiger partial charge in [-0.25, -0.2) is 9.97 Å². The largest absolute Gasteiger partial charge is 0.487 e. The summed E-state index contributed by atoms with van der Waals surface area (Å²) in [6.07, 6.45) is 0. The summed E-state index contributed by atoms with van der Waals surface area (Å²) in [6, 6.07) is 7.25. The Hall–Kier alpha value is -3.08. The molecule has 0 aliphatic carbocycles. The number of H-pyrrole nitrogens is 1. The van der Waals surface area contributed by atoms with Crippen LogP contribution in [0.5, 0.6) is 5.75 Å². The Morgan fingerprint density at radius 1 is 1.15 bits per heavy atom. The monoisotopic (exact) mass is 495 g/mol. The average molecular weight is 496 g/mol. The highest BCUT2D eigenvalue weighted by atomic mass is 32.1. The van der Waals surface area contributed by atoms with Crippen molar-refractivity contribution in [3.8, 4) is 5.75 Å². The van der Waals surface area contributed by atoms with E-state index in [1.165, 1.54) is 11.3 Å². The van der Waals surface area contributed by atoms with Gasteiger partial charge in [-0.3, -0.25) is 14.5 Å². The summed E-state index contributed by atoms with van der Waals surface area (Å²) in [7, 11) is 0. The van der Waals surface area contributed by atoms with Gasteiger partial charge in [-0.1, -0.05) is 0 Å². The normalized spacial score (nSPS) is 14.6. The Balaban J connectivity index is 1.16. The smallest absolute Gasteiger partial charge is 0.259 e. The number of hydrogen-bond donors (Lipinski definition) is 1. The number of ether oxygens (including phenoxy) is 1. The fourth-order valence-electron chi connectivity index (χ4n) is 4.04. The van der Waals surface area contributed by atoms with Crippen molar-refractivity contribution in [2.24, 2.45) is 0 Å². The van der Waals surface area contributed by atoms with Crippen LogP contribution in [0.3, 0.4) is 0 Å². The van der Waals surface area contributed by atoms with Crippen molar-refractivity contribution in [2.75, 3.05) is 26.2 Å². The number of nitrogens with zero attached hydrogens (tertiary/aromatic N) is 4. The van der Waals surface area contributed by atoms with Gasteiger partial charge in [-0.2, -0.15) is 0 Å². The van der Waals surface area contributed by atoms with E-state index in [0.717, 1.165) is 34.1 Å². The molecule has 4 aromatic rings. The number of aromatic nitrogens is 3. The zero-order valence-electron chi connectivity index (χ0n) is 19.0. The van der Waals surface area contributed by atoms with Gasteiger partial charge in [0, 0.05) is 42.0 Å². The molecular weight excluding hydrogens is 470 g/mol. The van der Waals surface area contributed by atoms with Crippen LogP contribution < -0.4 is 10.3 Å². The third kappa shape index (κ3) is 4.75. The molecule has 1 aliphatic rings. The fourth-order valence-corrected chi connectivity index (χ4v) is 5.63. The second-order valence-electron chi connectivity index (χ2n) is 8.34. The van der Waals surface area contributed by atoms with E-state index in [1.54, 1.807) is 29.0 Å². The number of rotatable bonds is 6. The van der Waals surface area contributed by atoms with Gasteiger partial charge in [0.15, 0.2) is 0 Å². The minimum absolute atomic E-state index is 0.0168. The molecule has 0 bridgehead atoms. The summed E-state index contributed by atoms with van der Waals surface area (Å²) < 4.78 is 5.73. The van der Waals surface area contributed by atoms with E-state index in [4.69, 9.17) is 4.74 Å². The maximum Gasteiger partial charge on any atom is 0.259 e. The summed E-state index contributed by atoms with van der Waals surface area (Å²) in [5.41, 5.74) is 4.25. The quantitative estimate of drug-likeness (QED) is 0.440. The molecule has 8 nitrogen and oxygen atoms in total. The molecule has 1 fully saturated rings. The van der Waals surface area contributed by atoms with Gasteiger partial charge in [0.25, 0.3) is 11.5 Å². The fraction of sp³-hybridized carbons (Fsp3) is 0.333. The molecule has 0 saturated carbocycles. The predicted molar refractivity (Wildman–Crippen MR) is 134 cm³/mol. The molecule has 0 spiro atoms. The number of carbonyl (C=O) groups excluding carboxylic acids is 1. The molecule has 3 aromatic heterocycles. The summed E-state index contributed by atoms with van der Waals surface area (Å²) in [4.78, 5) is 43.3. The lowest BCUT2D eigenvalue weighted by Crippen LogP contribution is -2.48. The minimum Gasteiger partial charge on any atom is -0.487 e. The molecule has 34 heavy (non-hydrogen) atoms. The van der Waals surface area contributed by atoms with Gasteiger partial charge in [0.1, 0.15) is 23.0 Å². The number of nitrogens with one attached hydrogen (secondary N) is 1. The number of fused-ring (bicyclic) bond motifs is 1. The lowest BCUT2D eigenvalue weighted by Gasteiger charge is -2.34. The summed E-state index contributed by atoms with van der Waals surface area (Å²) in [5, 5.41) is 2.65. The van der Waals surface area contributed by atoms with Crippen LogP contribution in [0.25, 0.3) is 10.2 Å². The van der Waals surface area contributed by atoms with Crippen LogP contribution in [-0.2, 0) is 13.2 Å². The van der Waals surface area contributed by atoms with E-state index in [2.05, 4.69) is 19.9 Å². The van der Waals surface area contributed by atoms with Crippen molar-refractivity contribution < 1.29 is 9.53 Å². The van der Waals surface area contributed by atoms with Crippen LogP contribution in [-0.4, -0.2) is 56.8 Å². The highest BCUT2D eigenvalue weighted by molar-refractivity contribution is 7.18. The molecule has 176 valence electrons. The number of piperazine rings is 1. The standard InChI is InChI=1S/C24H25N5O3S2/c1-15-16(2)34-23-21(15)22(30)26-20(27-23)11-28-7-9-29(10-8-28)24(31)17-3-5-19(6-4-17)32-12-18-13-33-14-25-18/h3-6,13-14H,7-12H2,1-2H3,(H,26,27,30). The molecule has 5 rings (SSSR count). The highest BCUT2D eigenvalue weighted by Gasteiger charge is 2.23. The first-order valence-electron chi connectivity index (χ1n) is 11.1. The third-order valence-corrected chi connectivity index (χ3v) is 7.83. The van der Waals surface area contributed by atoms with Crippen LogP contribution in [0.15, 0.2) is 40.0 Å². The van der Waals surface area contributed by atoms with Crippen LogP contribution in [0.4, 0.5) is 0 Å². The molecule has 1 amide bonds. The molecule has 1 N–H and O–H groups in total. The molecule has 10 heteroatoms. The maximum absolute atomic E-state index is 12.9. The molecule has 0 radical (unpaired) electrons. The maximum atomic E-state index is 12.9. The van der Waals surface area contributed by atoms with Crippen molar-refractivity contribution in [3.05, 3.63) is 73.0 Å². The van der Waals surface area contributed by atoms with Crippen LogP contribution in [0.1, 0.15) is 32.3 Å². The Labute approximate surface area is 204 Å². The van der Waals surface area contributed by atoms with E-state index >= 15 is 0 Å². The van der Waals surface area contributed by atoms with Crippen molar-refractivity contribution in [3.63, 3.8) is 0 Å². The van der Waals surface area contributed by atoms with Gasteiger partial charge in [0.05, 0.1) is 23.1 Å². The number of aryl methyl sites for hydroxylation is 2. The van der Waals surface area contributed by atoms with E-state index in [1.807, 2.05) is 36.3 Å². The van der Waals surface area contributed by atoms with Crippen LogP contribution in [0, 0.1) is 13.8 Å². The topological polar surface area (TPSA) is 91.4 Å². The SMILES string of the molecule is Cc1sc2nc(CN3CCN(C(=O)c4ccc(OCc5cscn5)cc4)CC3)[nH]c(=O)c2c1C. The molecule has 4 heterocycles. The number of carbonyl (C=O) groups is 1. The van der Waals surface area contributed by atoms with Gasteiger partial charge in [0.2, 0.25) is 0 Å². The Bertz CT molecular complexity index is 1350. The number of hydrogen-bond acceptors (Lipinski definition) is 8. The predicted octanol–water partition coefficient (Wildman–Crippen LogP) is 3.59. The van der Waals surface area contributed by atoms with Crippen molar-refractivity contribution in [2.45, 2.75) is 27.0 Å². The summed E-state index contributed by atoms with van der Waals surface area (Å²) in [5.74, 6) is 1.40. The summed E-state index contributed by atoms with van der Waals surface area (Å²) in [6.45, 7) is 7.67. The van der Waals surface area contributed by atoms with Crippen molar-refractivity contribution in [1.29, 1.82) is 0 Å². The molecule has 0 unspecified atom stereocenters. The Morgan fingerprint density at radius 2 is 1.91 bits per heavy atom. The first-order valence-corrected chi connectivity index (χ1v) is 12.8. The first kappa shape index (κ1) is 22.7. The zero-order chi connectivity index (χ0) is 23.7. The van der Waals surface area contributed by atoms with Gasteiger partial charge in [-0.05, 0) is 43.7 Å². The number of aromatic amines is 1. The number of thiazole rings is 1. The second kappa shape index (κ2) is 9.65. The molecule has 1 saturated heterocycles. The van der Waals surface area contributed by atoms with Crippen LogP contribution >= 0.6 is 22.7 Å². The highest BCUT2D eigenvalue weighted by Crippen LogP contribution is 2.26. The molecule has 0 atom stereocenters. The van der Waals surface area contributed by atoms with E-state index in [-0.39, 0.29) is 11.5 Å². The van der Waals surface area contributed by atoms with Gasteiger partial charge >= 0.3 is 0 Å². The van der Waals surface area contributed by atoms with Crippen molar-refractivity contribution >= 4 is 38.8 Å². The minimum atomic E-state index is -0.0744. The van der Waals surface area contributed by atoms with Gasteiger partial charge in [-0.15, -0.1) is 22.7 Å². The third-order valence-electron chi connectivity index (χ3n) is 6.09. The van der Waals surface area contributed by atoms with E-state index in [0.29, 0.717) is 48.8 Å². The van der Waals surface area contributed by atoms with E-state index in [9.17, 15) is 9.59 Å².